The first-order chi connectivity index (χ1) is 15.7. The summed E-state index contributed by atoms with van der Waals surface area (Å²) in [4.78, 5) is 22.7. The lowest BCUT2D eigenvalue weighted by molar-refractivity contribution is -0.137. The Bertz CT molecular complexity index is 1070. The van der Waals surface area contributed by atoms with Crippen LogP contribution in [0.4, 0.5) is 35.4 Å². The maximum absolute atomic E-state index is 13.4. The van der Waals surface area contributed by atoms with Gasteiger partial charge in [0.25, 0.3) is 0 Å². The molecule has 1 saturated carbocycles. The van der Waals surface area contributed by atoms with Crippen LogP contribution in [0.15, 0.2) is 24.4 Å². The minimum Gasteiger partial charge on any atom is -0.367 e. The van der Waals surface area contributed by atoms with Crippen LogP contribution < -0.4 is 16.0 Å². The highest BCUT2D eigenvalue weighted by atomic mass is 19.4. The summed E-state index contributed by atoms with van der Waals surface area (Å²) in [5.74, 6) is -0.0937. The molecule has 0 unspecified atom stereocenters. The lowest BCUT2D eigenvalue weighted by Crippen LogP contribution is -2.41. The zero-order valence-corrected chi connectivity index (χ0v) is 18.5. The summed E-state index contributed by atoms with van der Waals surface area (Å²) in [7, 11) is 0. The van der Waals surface area contributed by atoms with Crippen molar-refractivity contribution in [1.29, 1.82) is 0 Å². The van der Waals surface area contributed by atoms with Gasteiger partial charge in [0, 0.05) is 24.0 Å². The zero-order chi connectivity index (χ0) is 23.3. The molecule has 2 aromatic rings. The van der Waals surface area contributed by atoms with Crippen molar-refractivity contribution in [3.8, 4) is 0 Å². The molecule has 7 nitrogen and oxygen atoms in total. The van der Waals surface area contributed by atoms with Crippen LogP contribution in [-0.2, 0) is 6.18 Å². The van der Waals surface area contributed by atoms with E-state index in [4.69, 9.17) is 0 Å². The largest absolute Gasteiger partial charge is 0.421 e. The SMILES string of the molecule is CC(C)NC(=O)N1[C@@H]2CC[C@H]1c1cc(Nc3ncc(C(F)(F)F)c(NC4CCC4)n3)ccc12. The number of hydrogen-bond acceptors (Lipinski definition) is 5. The third-order valence-electron chi connectivity index (χ3n) is 6.63. The molecule has 1 saturated heterocycles. The highest BCUT2D eigenvalue weighted by Gasteiger charge is 2.46. The minimum absolute atomic E-state index is 0.00475. The number of alkyl halides is 3. The summed E-state index contributed by atoms with van der Waals surface area (Å²) in [6, 6.07) is 5.83. The van der Waals surface area contributed by atoms with Gasteiger partial charge in [-0.2, -0.15) is 18.2 Å². The Hall–Kier alpha value is -3.04. The second kappa shape index (κ2) is 8.07. The first-order valence-electron chi connectivity index (χ1n) is 11.4. The Morgan fingerprint density at radius 3 is 2.48 bits per heavy atom. The number of aromatic nitrogens is 2. The van der Waals surface area contributed by atoms with Crippen molar-refractivity contribution >= 4 is 23.5 Å². The number of carbonyl (C=O) groups is 1. The van der Waals surface area contributed by atoms with Crippen molar-refractivity contribution in [3.05, 3.63) is 41.1 Å². The minimum atomic E-state index is -4.53. The zero-order valence-electron chi connectivity index (χ0n) is 18.5. The molecule has 1 aliphatic carbocycles. The lowest BCUT2D eigenvalue weighted by Gasteiger charge is -2.28. The molecule has 3 aliphatic rings. The first kappa shape index (κ1) is 21.8. The molecular formula is C23H27F3N6O. The highest BCUT2D eigenvalue weighted by molar-refractivity contribution is 5.78. The predicted molar refractivity (Wildman–Crippen MR) is 118 cm³/mol. The molecule has 0 radical (unpaired) electrons. The second-order valence-electron chi connectivity index (χ2n) is 9.31. The molecule has 10 heteroatoms. The Labute approximate surface area is 190 Å². The van der Waals surface area contributed by atoms with Gasteiger partial charge in [-0.05, 0) is 69.2 Å². The van der Waals surface area contributed by atoms with Crippen LogP contribution in [0.2, 0.25) is 0 Å². The van der Waals surface area contributed by atoms with Gasteiger partial charge in [-0.25, -0.2) is 9.78 Å². The number of benzene rings is 1. The van der Waals surface area contributed by atoms with E-state index in [9.17, 15) is 18.0 Å². The smallest absolute Gasteiger partial charge is 0.367 e. The number of nitrogens with zero attached hydrogens (tertiary/aromatic N) is 3. The molecule has 1 aromatic carbocycles. The maximum atomic E-state index is 13.4. The van der Waals surface area contributed by atoms with Crippen molar-refractivity contribution in [2.24, 2.45) is 0 Å². The first-order valence-corrected chi connectivity index (χ1v) is 11.4. The molecule has 0 spiro atoms. The molecule has 33 heavy (non-hydrogen) atoms. The van der Waals surface area contributed by atoms with Crippen molar-refractivity contribution < 1.29 is 18.0 Å². The van der Waals surface area contributed by atoms with Crippen LogP contribution in [0, 0.1) is 0 Å². The molecule has 2 atom stereocenters. The molecule has 2 aliphatic heterocycles. The normalized spacial score (nSPS) is 21.7. The Morgan fingerprint density at radius 2 is 1.85 bits per heavy atom. The van der Waals surface area contributed by atoms with Crippen LogP contribution in [0.25, 0.3) is 0 Å². The Kier molecular flexibility index (Phi) is 5.33. The summed E-state index contributed by atoms with van der Waals surface area (Å²) >= 11 is 0. The van der Waals surface area contributed by atoms with Crippen LogP contribution in [0.3, 0.4) is 0 Å². The summed E-state index contributed by atoms with van der Waals surface area (Å²) in [6.45, 7) is 3.87. The number of nitrogens with one attached hydrogen (secondary N) is 3. The molecule has 176 valence electrons. The molecule has 3 N–H and O–H groups in total. The standard InChI is InChI=1S/C23H27F3N6O/c1-12(2)28-22(33)32-18-8-9-19(32)16-10-14(6-7-15(16)18)30-21-27-11-17(23(24,25)26)20(31-21)29-13-4-3-5-13/h6-7,10-13,18-19H,3-5,8-9H2,1-2H3,(H,28,33)(H2,27,29,30,31)/t18-,19+/m1/s1. The average Bonchev–Trinajstić information content (AvgIpc) is 3.26. The fourth-order valence-corrected chi connectivity index (χ4v) is 4.91. The van der Waals surface area contributed by atoms with Crippen LogP contribution in [-0.4, -0.2) is 33.0 Å². The molecule has 2 fully saturated rings. The van der Waals surface area contributed by atoms with Gasteiger partial charge in [-0.15, -0.1) is 0 Å². The predicted octanol–water partition coefficient (Wildman–Crippen LogP) is 5.51. The van der Waals surface area contributed by atoms with Gasteiger partial charge in [0.1, 0.15) is 11.4 Å². The fourth-order valence-electron chi connectivity index (χ4n) is 4.91. The monoisotopic (exact) mass is 460 g/mol. The van der Waals surface area contributed by atoms with Crippen molar-refractivity contribution in [1.82, 2.24) is 20.2 Å². The number of fused-ring (bicyclic) bond motifs is 5. The molecule has 2 bridgehead atoms. The van der Waals surface area contributed by atoms with Gasteiger partial charge < -0.3 is 20.9 Å². The fraction of sp³-hybridized carbons (Fsp3) is 0.522. The lowest BCUT2D eigenvalue weighted by atomic mass is 9.91. The molecule has 1 aromatic heterocycles. The van der Waals surface area contributed by atoms with Crippen molar-refractivity contribution in [3.63, 3.8) is 0 Å². The van der Waals surface area contributed by atoms with E-state index < -0.39 is 11.7 Å². The molecular weight excluding hydrogens is 433 g/mol. The summed E-state index contributed by atoms with van der Waals surface area (Å²) in [5, 5.41) is 8.94. The van der Waals surface area contributed by atoms with E-state index in [1.807, 2.05) is 36.9 Å². The van der Waals surface area contributed by atoms with Gasteiger partial charge in [0.05, 0.1) is 12.1 Å². The number of carbonyl (C=O) groups excluding carboxylic acids is 1. The summed E-state index contributed by atoms with van der Waals surface area (Å²) in [5.41, 5.74) is 2.00. The second-order valence-corrected chi connectivity index (χ2v) is 9.31. The van der Waals surface area contributed by atoms with E-state index >= 15 is 0 Å². The number of urea groups is 1. The topological polar surface area (TPSA) is 82.2 Å². The highest BCUT2D eigenvalue weighted by Crippen LogP contribution is 2.53. The summed E-state index contributed by atoms with van der Waals surface area (Å²) < 4.78 is 40.3. The Balaban J connectivity index is 1.38. The van der Waals surface area contributed by atoms with Gasteiger partial charge in [-0.1, -0.05) is 6.07 Å². The number of hydrogen-bond donors (Lipinski definition) is 3. The number of rotatable bonds is 5. The summed E-state index contributed by atoms with van der Waals surface area (Å²) in [6.07, 6.45) is 0.767. The molecule has 5 rings (SSSR count). The van der Waals surface area contributed by atoms with E-state index in [1.165, 1.54) is 0 Å². The van der Waals surface area contributed by atoms with Gasteiger partial charge in [-0.3, -0.25) is 0 Å². The number of anilines is 3. The molecule has 2 amide bonds. The van der Waals surface area contributed by atoms with Crippen LogP contribution in [0.5, 0.6) is 0 Å². The third kappa shape index (κ3) is 4.06. The average molecular weight is 461 g/mol. The maximum Gasteiger partial charge on any atom is 0.421 e. The quantitative estimate of drug-likeness (QED) is 0.548. The van der Waals surface area contributed by atoms with Crippen molar-refractivity contribution in [2.45, 2.75) is 76.3 Å². The third-order valence-corrected chi connectivity index (χ3v) is 6.63. The Morgan fingerprint density at radius 1 is 1.12 bits per heavy atom. The van der Waals surface area contributed by atoms with Gasteiger partial charge in [0.2, 0.25) is 5.95 Å². The van der Waals surface area contributed by atoms with Crippen LogP contribution in [0.1, 0.15) is 74.7 Å². The van der Waals surface area contributed by atoms with E-state index in [0.717, 1.165) is 49.4 Å². The van der Waals surface area contributed by atoms with E-state index in [1.54, 1.807) is 0 Å². The van der Waals surface area contributed by atoms with Gasteiger partial charge >= 0.3 is 12.2 Å². The van der Waals surface area contributed by atoms with E-state index in [-0.39, 0.29) is 42.0 Å². The van der Waals surface area contributed by atoms with Crippen LogP contribution >= 0.6 is 0 Å². The molecule has 3 heterocycles. The number of amides is 2. The number of halogens is 3. The van der Waals surface area contributed by atoms with E-state index in [2.05, 4.69) is 25.9 Å². The van der Waals surface area contributed by atoms with Crippen molar-refractivity contribution in [2.75, 3.05) is 10.6 Å². The van der Waals surface area contributed by atoms with Gasteiger partial charge in [0.15, 0.2) is 0 Å². The van der Waals surface area contributed by atoms with E-state index in [0.29, 0.717) is 5.69 Å².